The molecule has 15 heavy (non-hydrogen) atoms. The summed E-state index contributed by atoms with van der Waals surface area (Å²) < 4.78 is 0. The van der Waals surface area contributed by atoms with Crippen LogP contribution in [0.5, 0.6) is 0 Å². The molecule has 0 rings (SSSR count). The van der Waals surface area contributed by atoms with E-state index in [1.54, 1.807) is 0 Å². The third-order valence-electron chi connectivity index (χ3n) is 2.79. The molecule has 0 aliphatic heterocycles. The van der Waals surface area contributed by atoms with Crippen LogP contribution in [0.25, 0.3) is 0 Å². The first-order chi connectivity index (χ1) is 6.87. The van der Waals surface area contributed by atoms with E-state index in [0.717, 1.165) is 5.92 Å². The molecule has 1 unspecified atom stereocenters. The third kappa shape index (κ3) is 8.92. The van der Waals surface area contributed by atoms with E-state index in [0.29, 0.717) is 6.04 Å². The monoisotopic (exact) mass is 213 g/mol. The molecule has 1 heteroatoms. The molecule has 92 valence electrons. The van der Waals surface area contributed by atoms with E-state index in [1.165, 1.54) is 32.1 Å². The highest BCUT2D eigenvalue weighted by Crippen LogP contribution is 2.15. The predicted molar refractivity (Wildman–Crippen MR) is 70.3 cm³/mol. The summed E-state index contributed by atoms with van der Waals surface area (Å²) in [6, 6.07) is 0.682. The Kier molecular flexibility index (Phi) is 7.25. The Hall–Kier alpha value is -0.0400. The molecule has 0 fully saturated rings. The maximum absolute atomic E-state index is 3.73. The molecule has 0 spiro atoms. The van der Waals surface area contributed by atoms with Gasteiger partial charge < -0.3 is 5.32 Å². The highest BCUT2D eigenvalue weighted by Gasteiger charge is 2.19. The molecule has 0 aliphatic rings. The van der Waals surface area contributed by atoms with Crippen molar-refractivity contribution < 1.29 is 0 Å². The second kappa shape index (κ2) is 7.27. The van der Waals surface area contributed by atoms with Gasteiger partial charge in [-0.3, -0.25) is 0 Å². The number of hydrogen-bond donors (Lipinski definition) is 1. The summed E-state index contributed by atoms with van der Waals surface area (Å²) in [5.74, 6) is 0.742. The van der Waals surface area contributed by atoms with E-state index in [4.69, 9.17) is 0 Å². The van der Waals surface area contributed by atoms with Gasteiger partial charge in [-0.15, -0.1) is 0 Å². The van der Waals surface area contributed by atoms with Gasteiger partial charge in [-0.25, -0.2) is 0 Å². The molecule has 0 aliphatic carbocycles. The van der Waals surface area contributed by atoms with Crippen molar-refractivity contribution in [2.45, 2.75) is 85.2 Å². The smallest absolute Gasteiger partial charge is 0.00992 e. The minimum atomic E-state index is 0.250. The summed E-state index contributed by atoms with van der Waals surface area (Å²) in [5.41, 5.74) is 0.250. The Morgan fingerprint density at radius 3 is 2.00 bits per heavy atom. The minimum Gasteiger partial charge on any atom is -0.309 e. The molecule has 0 saturated carbocycles. The molecule has 0 aromatic heterocycles. The highest BCUT2D eigenvalue weighted by molar-refractivity contribution is 4.79. The van der Waals surface area contributed by atoms with Crippen LogP contribution in [0.4, 0.5) is 0 Å². The zero-order valence-corrected chi connectivity index (χ0v) is 11.7. The maximum atomic E-state index is 3.73. The molecule has 0 bridgehead atoms. The molecule has 0 saturated heterocycles. The van der Waals surface area contributed by atoms with Crippen molar-refractivity contribution in [1.82, 2.24) is 5.32 Å². The van der Waals surface area contributed by atoms with Crippen LogP contribution in [0.2, 0.25) is 0 Å². The lowest BCUT2D eigenvalue weighted by Gasteiger charge is -2.31. The second-order valence-electron chi connectivity index (χ2n) is 6.09. The molecule has 1 atom stereocenters. The first-order valence-electron chi connectivity index (χ1n) is 6.64. The molecule has 0 aromatic carbocycles. The fraction of sp³-hybridized carbons (Fsp3) is 1.00. The molecule has 1 nitrogen and oxygen atoms in total. The van der Waals surface area contributed by atoms with Gasteiger partial charge in [-0.2, -0.15) is 0 Å². The summed E-state index contributed by atoms with van der Waals surface area (Å²) in [7, 11) is 0. The number of rotatable bonds is 7. The van der Waals surface area contributed by atoms with Crippen molar-refractivity contribution in [3.05, 3.63) is 0 Å². The molecule has 1 N–H and O–H groups in total. The van der Waals surface area contributed by atoms with E-state index in [2.05, 4.69) is 46.9 Å². The highest BCUT2D eigenvalue weighted by atomic mass is 15.0. The first-order valence-corrected chi connectivity index (χ1v) is 6.64. The molecule has 0 radical (unpaired) electrons. The lowest BCUT2D eigenvalue weighted by molar-refractivity contribution is 0.284. The van der Waals surface area contributed by atoms with E-state index in [-0.39, 0.29) is 5.54 Å². The predicted octanol–water partition coefficient (Wildman–Crippen LogP) is 4.37. The van der Waals surface area contributed by atoms with Gasteiger partial charge in [-0.05, 0) is 33.1 Å². The van der Waals surface area contributed by atoms with Crippen LogP contribution in [0, 0.1) is 5.92 Å². The lowest BCUT2D eigenvalue weighted by atomic mass is 9.94. The number of hydrogen-bond acceptors (Lipinski definition) is 1. The molecule has 0 heterocycles. The third-order valence-corrected chi connectivity index (χ3v) is 2.79. The lowest BCUT2D eigenvalue weighted by Crippen LogP contribution is -2.46. The standard InChI is InChI=1S/C14H31N/c1-7-8-9-10-11-13(12(2)3)15-14(4,5)6/h12-13,15H,7-11H2,1-6H3. The van der Waals surface area contributed by atoms with Crippen LogP contribution < -0.4 is 5.32 Å². The summed E-state index contributed by atoms with van der Waals surface area (Å²) >= 11 is 0. The van der Waals surface area contributed by atoms with Crippen LogP contribution in [0.1, 0.15) is 73.6 Å². The fourth-order valence-corrected chi connectivity index (χ4v) is 1.92. The minimum absolute atomic E-state index is 0.250. The molecular formula is C14H31N. The summed E-state index contributed by atoms with van der Waals surface area (Å²) in [4.78, 5) is 0. The van der Waals surface area contributed by atoms with Gasteiger partial charge in [0.2, 0.25) is 0 Å². The van der Waals surface area contributed by atoms with Crippen molar-refractivity contribution in [2.75, 3.05) is 0 Å². The zero-order chi connectivity index (χ0) is 11.9. The number of nitrogens with one attached hydrogen (secondary N) is 1. The van der Waals surface area contributed by atoms with Crippen molar-refractivity contribution in [1.29, 1.82) is 0 Å². The van der Waals surface area contributed by atoms with E-state index in [9.17, 15) is 0 Å². The average Bonchev–Trinajstić information content (AvgIpc) is 2.08. The van der Waals surface area contributed by atoms with Gasteiger partial charge in [-0.1, -0.05) is 46.5 Å². The Morgan fingerprint density at radius 1 is 1.00 bits per heavy atom. The van der Waals surface area contributed by atoms with Gasteiger partial charge in [0, 0.05) is 11.6 Å². The van der Waals surface area contributed by atoms with Crippen LogP contribution in [-0.2, 0) is 0 Å². The maximum Gasteiger partial charge on any atom is 0.00992 e. The Balaban J connectivity index is 3.84. The zero-order valence-electron chi connectivity index (χ0n) is 11.7. The first kappa shape index (κ1) is 15.0. The fourth-order valence-electron chi connectivity index (χ4n) is 1.92. The van der Waals surface area contributed by atoms with Crippen molar-refractivity contribution in [3.8, 4) is 0 Å². The van der Waals surface area contributed by atoms with Crippen LogP contribution in [-0.4, -0.2) is 11.6 Å². The average molecular weight is 213 g/mol. The largest absolute Gasteiger partial charge is 0.309 e. The quantitative estimate of drug-likeness (QED) is 0.619. The second-order valence-corrected chi connectivity index (χ2v) is 6.09. The summed E-state index contributed by atoms with van der Waals surface area (Å²) in [6.45, 7) is 13.7. The van der Waals surface area contributed by atoms with Crippen molar-refractivity contribution in [2.24, 2.45) is 5.92 Å². The summed E-state index contributed by atoms with van der Waals surface area (Å²) in [6.07, 6.45) is 6.82. The van der Waals surface area contributed by atoms with Gasteiger partial charge in [0.05, 0.1) is 0 Å². The molecule has 0 aromatic rings. The van der Waals surface area contributed by atoms with Crippen molar-refractivity contribution in [3.63, 3.8) is 0 Å². The van der Waals surface area contributed by atoms with E-state index in [1.807, 2.05) is 0 Å². The Bertz CT molecular complexity index is 144. The van der Waals surface area contributed by atoms with Crippen LogP contribution in [0.3, 0.4) is 0 Å². The van der Waals surface area contributed by atoms with E-state index >= 15 is 0 Å². The van der Waals surface area contributed by atoms with Gasteiger partial charge in [0.25, 0.3) is 0 Å². The number of unbranched alkanes of at least 4 members (excludes halogenated alkanes) is 3. The van der Waals surface area contributed by atoms with Gasteiger partial charge in [0.15, 0.2) is 0 Å². The Labute approximate surface area is 97.0 Å². The van der Waals surface area contributed by atoms with Crippen LogP contribution in [0.15, 0.2) is 0 Å². The molecule has 0 amide bonds. The summed E-state index contributed by atoms with van der Waals surface area (Å²) in [5, 5.41) is 3.73. The SMILES string of the molecule is CCCCCCC(NC(C)(C)C)C(C)C. The van der Waals surface area contributed by atoms with Crippen LogP contribution >= 0.6 is 0 Å². The molecular weight excluding hydrogens is 182 g/mol. The van der Waals surface area contributed by atoms with E-state index < -0.39 is 0 Å². The normalized spacial score (nSPS) is 14.6. The Morgan fingerprint density at radius 2 is 1.60 bits per heavy atom. The van der Waals surface area contributed by atoms with Gasteiger partial charge in [0.1, 0.15) is 0 Å². The van der Waals surface area contributed by atoms with Crippen molar-refractivity contribution >= 4 is 0 Å². The topological polar surface area (TPSA) is 12.0 Å². The van der Waals surface area contributed by atoms with Gasteiger partial charge >= 0.3 is 0 Å².